The lowest BCUT2D eigenvalue weighted by Gasteiger charge is -2.18. The van der Waals surface area contributed by atoms with E-state index in [9.17, 15) is 0 Å². The molecule has 0 fully saturated rings. The summed E-state index contributed by atoms with van der Waals surface area (Å²) >= 11 is 0. The number of nitrogens with one attached hydrogen (secondary N) is 2. The number of hydrogen-bond donors (Lipinski definition) is 3. The van der Waals surface area contributed by atoms with Crippen LogP contribution in [0.15, 0.2) is 83.9 Å². The molecule has 0 amide bonds. The summed E-state index contributed by atoms with van der Waals surface area (Å²) in [5.74, 6) is 0. The van der Waals surface area contributed by atoms with Gasteiger partial charge in [0.2, 0.25) is 0 Å². The molecule has 0 saturated carbocycles. The molecule has 0 spiro atoms. The van der Waals surface area contributed by atoms with Gasteiger partial charge in [0.05, 0.1) is 11.4 Å². The number of rotatable bonds is 11. The number of hydrogen-bond acceptors (Lipinski definition) is 4. The quantitative estimate of drug-likeness (QED) is 0.298. The van der Waals surface area contributed by atoms with Crippen molar-refractivity contribution in [3.63, 3.8) is 0 Å². The summed E-state index contributed by atoms with van der Waals surface area (Å²) in [4.78, 5) is 4.38. The van der Waals surface area contributed by atoms with Crippen LogP contribution in [0, 0.1) is 6.92 Å². The van der Waals surface area contributed by atoms with Crippen molar-refractivity contribution in [2.75, 3.05) is 7.05 Å². The topological polar surface area (TPSA) is 62.4 Å². The molecule has 4 heteroatoms. The minimum atomic E-state index is 0.480. The van der Waals surface area contributed by atoms with Crippen LogP contribution in [0.5, 0.6) is 0 Å². The number of aliphatic imine (C=N–C) groups is 1. The van der Waals surface area contributed by atoms with Gasteiger partial charge < -0.3 is 16.4 Å². The Kier molecular flexibility index (Phi) is 9.03. The highest BCUT2D eigenvalue weighted by Crippen LogP contribution is 2.17. The second-order valence-corrected chi connectivity index (χ2v) is 6.81. The Balaban J connectivity index is 2.97. The second kappa shape index (κ2) is 11.0. The minimum Gasteiger partial charge on any atom is -0.399 e. The smallest absolute Gasteiger partial charge is 0.109 e. The highest BCUT2D eigenvalue weighted by Gasteiger charge is 2.14. The molecule has 28 heavy (non-hydrogen) atoms. The summed E-state index contributed by atoms with van der Waals surface area (Å²) in [6.07, 6.45) is 3.42. The van der Waals surface area contributed by atoms with E-state index in [2.05, 4.69) is 74.0 Å². The first-order valence-corrected chi connectivity index (χ1v) is 9.45. The predicted molar refractivity (Wildman–Crippen MR) is 123 cm³/mol. The van der Waals surface area contributed by atoms with Crippen molar-refractivity contribution in [3.8, 4) is 0 Å². The third-order valence-electron chi connectivity index (χ3n) is 4.70. The van der Waals surface area contributed by atoms with Crippen molar-refractivity contribution in [1.82, 2.24) is 10.6 Å². The normalized spacial score (nSPS) is 12.1. The van der Waals surface area contributed by atoms with Gasteiger partial charge in [-0.15, -0.1) is 0 Å². The molecule has 0 aliphatic carbocycles. The van der Waals surface area contributed by atoms with Crippen LogP contribution in [-0.2, 0) is 13.0 Å². The largest absolute Gasteiger partial charge is 0.399 e. The lowest BCUT2D eigenvalue weighted by atomic mass is 9.98. The Bertz CT molecular complexity index is 825. The van der Waals surface area contributed by atoms with Crippen molar-refractivity contribution in [3.05, 3.63) is 95.6 Å². The minimum absolute atomic E-state index is 0.480. The fraction of sp³-hybridized carbons (Fsp3) is 0.292. The zero-order valence-electron chi connectivity index (χ0n) is 17.8. The second-order valence-electron chi connectivity index (χ2n) is 6.81. The molecular formula is C24H34N4. The van der Waals surface area contributed by atoms with Crippen LogP contribution in [0.25, 0.3) is 0 Å². The summed E-state index contributed by atoms with van der Waals surface area (Å²) < 4.78 is 0. The number of allylic oxidation sites excluding steroid dienone is 2. The van der Waals surface area contributed by atoms with Crippen LogP contribution < -0.4 is 16.4 Å². The monoisotopic (exact) mass is 378 g/mol. The van der Waals surface area contributed by atoms with Gasteiger partial charge >= 0.3 is 0 Å². The highest BCUT2D eigenvalue weighted by molar-refractivity contribution is 6.12. The Morgan fingerprint density at radius 1 is 1.25 bits per heavy atom. The maximum absolute atomic E-state index is 5.86. The number of aryl methyl sites for hydroxylation is 1. The van der Waals surface area contributed by atoms with Crippen molar-refractivity contribution in [1.29, 1.82) is 0 Å². The number of nitrogens with zero attached hydrogens (tertiary/aromatic N) is 1. The summed E-state index contributed by atoms with van der Waals surface area (Å²) in [6.45, 7) is 22.6. The molecule has 0 heterocycles. The van der Waals surface area contributed by atoms with Crippen molar-refractivity contribution < 1.29 is 0 Å². The van der Waals surface area contributed by atoms with Gasteiger partial charge in [0.1, 0.15) is 5.71 Å². The van der Waals surface area contributed by atoms with Gasteiger partial charge in [0, 0.05) is 25.5 Å². The zero-order valence-corrected chi connectivity index (χ0v) is 17.8. The van der Waals surface area contributed by atoms with Gasteiger partial charge in [-0.2, -0.15) is 0 Å². The molecule has 0 aliphatic rings. The molecule has 0 saturated heterocycles. The van der Waals surface area contributed by atoms with Crippen LogP contribution in [0.3, 0.4) is 0 Å². The molecule has 0 bridgehead atoms. The van der Waals surface area contributed by atoms with E-state index < -0.39 is 0 Å². The van der Waals surface area contributed by atoms with Crippen LogP contribution in [0.1, 0.15) is 37.0 Å². The van der Waals surface area contributed by atoms with E-state index in [-0.39, 0.29) is 0 Å². The Labute approximate surface area is 170 Å². The third-order valence-corrected chi connectivity index (χ3v) is 4.70. The maximum atomic E-state index is 5.86. The van der Waals surface area contributed by atoms with E-state index in [4.69, 9.17) is 5.73 Å². The molecule has 0 unspecified atom stereocenters. The average Bonchev–Trinajstić information content (AvgIpc) is 2.67. The molecule has 4 N–H and O–H groups in total. The van der Waals surface area contributed by atoms with E-state index in [1.807, 2.05) is 14.0 Å². The van der Waals surface area contributed by atoms with Gasteiger partial charge in [-0.25, -0.2) is 0 Å². The fourth-order valence-corrected chi connectivity index (χ4v) is 2.78. The first-order valence-electron chi connectivity index (χ1n) is 9.45. The van der Waals surface area contributed by atoms with Crippen molar-refractivity contribution >= 4 is 5.71 Å². The van der Waals surface area contributed by atoms with E-state index in [0.717, 1.165) is 24.1 Å². The highest BCUT2D eigenvalue weighted by atomic mass is 15.0. The summed E-state index contributed by atoms with van der Waals surface area (Å²) in [6, 6.07) is 6.51. The molecule has 4 nitrogen and oxygen atoms in total. The molecule has 0 aliphatic heterocycles. The van der Waals surface area contributed by atoms with Gasteiger partial charge in [0.25, 0.3) is 0 Å². The van der Waals surface area contributed by atoms with Crippen LogP contribution in [0.2, 0.25) is 0 Å². The van der Waals surface area contributed by atoms with Gasteiger partial charge in [-0.3, -0.25) is 4.99 Å². The first-order chi connectivity index (χ1) is 13.2. The van der Waals surface area contributed by atoms with E-state index in [1.54, 1.807) is 0 Å². The van der Waals surface area contributed by atoms with Gasteiger partial charge in [0.15, 0.2) is 0 Å². The molecule has 0 aromatic heterocycles. The Morgan fingerprint density at radius 2 is 1.93 bits per heavy atom. The maximum Gasteiger partial charge on any atom is 0.109 e. The zero-order chi connectivity index (χ0) is 21.3. The van der Waals surface area contributed by atoms with Crippen molar-refractivity contribution in [2.24, 2.45) is 10.7 Å². The summed E-state index contributed by atoms with van der Waals surface area (Å²) in [5, 5.41) is 6.49. The average molecular weight is 379 g/mol. The lowest BCUT2D eigenvalue weighted by Crippen LogP contribution is -2.27. The molecule has 150 valence electrons. The first kappa shape index (κ1) is 23.0. The van der Waals surface area contributed by atoms with Crippen LogP contribution >= 0.6 is 0 Å². The summed E-state index contributed by atoms with van der Waals surface area (Å²) in [5.41, 5.74) is 14.3. The molecule has 0 atom stereocenters. The van der Waals surface area contributed by atoms with Gasteiger partial charge in [-0.1, -0.05) is 57.0 Å². The van der Waals surface area contributed by atoms with E-state index in [0.29, 0.717) is 23.7 Å². The fourth-order valence-electron chi connectivity index (χ4n) is 2.78. The van der Waals surface area contributed by atoms with Crippen LogP contribution in [0.4, 0.5) is 0 Å². The van der Waals surface area contributed by atoms with E-state index >= 15 is 0 Å². The van der Waals surface area contributed by atoms with E-state index in [1.165, 1.54) is 28.5 Å². The predicted octanol–water partition coefficient (Wildman–Crippen LogP) is 4.66. The van der Waals surface area contributed by atoms with Crippen molar-refractivity contribution in [2.45, 2.75) is 40.2 Å². The summed E-state index contributed by atoms with van der Waals surface area (Å²) in [7, 11) is 1.82. The molecular weight excluding hydrogens is 344 g/mol. The SMILES string of the molecule is C=CN=C(C(=C)NCc1ccc(CC(=C)CC)c(C)c1)/C(NC)=C(\C)C(=C)N. The van der Waals surface area contributed by atoms with Gasteiger partial charge in [-0.05, 0) is 49.0 Å². The Morgan fingerprint density at radius 3 is 2.43 bits per heavy atom. The number of nitrogens with two attached hydrogens (primary N) is 1. The molecule has 1 aromatic carbocycles. The lowest BCUT2D eigenvalue weighted by molar-refractivity contribution is 0.840. The third kappa shape index (κ3) is 6.31. The standard InChI is InChI=1S/C24H34N4/c1-9-16(3)13-22-12-11-21(14-17(22)4)15-28-20(7)24(27-10-2)23(26-8)18(5)19(6)25/h10-12,14,26,28H,2-3,6-7,9,13,15,25H2,1,4-5,8H3/b23-18-,27-24?. The van der Waals surface area contributed by atoms with Crippen LogP contribution in [-0.4, -0.2) is 12.8 Å². The molecule has 1 rings (SSSR count). The Hall–Kier alpha value is -3.01. The molecule has 1 aromatic rings. The molecule has 0 radical (unpaired) electrons. The number of benzene rings is 1.